The zero-order valence-electron chi connectivity index (χ0n) is 11.7. The highest BCUT2D eigenvalue weighted by Gasteiger charge is 2.20. The van der Waals surface area contributed by atoms with Gasteiger partial charge in [-0.2, -0.15) is 0 Å². The molecule has 21 heavy (non-hydrogen) atoms. The maximum Gasteiger partial charge on any atom is 0.194 e. The Morgan fingerprint density at radius 3 is 2.05 bits per heavy atom. The van der Waals surface area contributed by atoms with Crippen LogP contribution in [0.3, 0.4) is 0 Å². The van der Waals surface area contributed by atoms with Crippen LogP contribution in [0, 0.1) is 17.5 Å². The maximum absolute atomic E-state index is 13.2. The average Bonchev–Trinajstić information content (AvgIpc) is 2.43. The first-order valence-corrected chi connectivity index (χ1v) is 7.23. The Bertz CT molecular complexity index is 615. The van der Waals surface area contributed by atoms with E-state index >= 15 is 0 Å². The molecule has 1 nitrogen and oxygen atoms in total. The molecule has 0 aliphatic carbocycles. The van der Waals surface area contributed by atoms with Crippen molar-refractivity contribution in [3.05, 3.63) is 69.4 Å². The number of hydrogen-bond donors (Lipinski definition) is 1. The van der Waals surface area contributed by atoms with E-state index in [9.17, 15) is 13.2 Å². The van der Waals surface area contributed by atoms with E-state index in [-0.39, 0.29) is 12.1 Å². The number of benzene rings is 2. The van der Waals surface area contributed by atoms with Crippen molar-refractivity contribution < 1.29 is 13.2 Å². The monoisotopic (exact) mass is 357 g/mol. The Kier molecular flexibility index (Phi) is 4.74. The van der Waals surface area contributed by atoms with Crippen LogP contribution in [-0.4, -0.2) is 0 Å². The number of nitrogens with one attached hydrogen (secondary N) is 1. The molecule has 0 spiro atoms. The molecule has 0 heterocycles. The summed E-state index contributed by atoms with van der Waals surface area (Å²) in [5.74, 6) is -3.78. The van der Waals surface area contributed by atoms with Gasteiger partial charge in [-0.05, 0) is 49.2 Å². The molecule has 1 N–H and O–H groups in total. The van der Waals surface area contributed by atoms with Crippen LogP contribution in [0.25, 0.3) is 0 Å². The Labute approximate surface area is 130 Å². The fourth-order valence-electron chi connectivity index (χ4n) is 2.00. The first-order chi connectivity index (χ1) is 9.79. The third kappa shape index (κ3) is 3.86. The van der Waals surface area contributed by atoms with E-state index < -0.39 is 17.5 Å². The van der Waals surface area contributed by atoms with Gasteiger partial charge in [0.15, 0.2) is 17.5 Å². The van der Waals surface area contributed by atoms with Gasteiger partial charge in [0, 0.05) is 16.6 Å². The third-order valence-electron chi connectivity index (χ3n) is 3.34. The van der Waals surface area contributed by atoms with Crippen LogP contribution in [0.2, 0.25) is 0 Å². The van der Waals surface area contributed by atoms with Crippen molar-refractivity contribution in [1.82, 2.24) is 5.32 Å². The van der Waals surface area contributed by atoms with Crippen LogP contribution in [0.4, 0.5) is 13.2 Å². The van der Waals surface area contributed by atoms with Crippen LogP contribution < -0.4 is 5.32 Å². The SMILES string of the molecule is CC(C)(NCc1cc(F)c(F)c(F)c1)c1ccc(Br)cc1. The topological polar surface area (TPSA) is 12.0 Å². The van der Waals surface area contributed by atoms with Crippen LogP contribution in [0.5, 0.6) is 0 Å². The van der Waals surface area contributed by atoms with Gasteiger partial charge in [-0.3, -0.25) is 0 Å². The fourth-order valence-corrected chi connectivity index (χ4v) is 2.27. The van der Waals surface area contributed by atoms with Gasteiger partial charge in [0.25, 0.3) is 0 Å². The summed E-state index contributed by atoms with van der Waals surface area (Å²) in [6.07, 6.45) is 0. The number of halogens is 4. The highest BCUT2D eigenvalue weighted by Crippen LogP contribution is 2.23. The largest absolute Gasteiger partial charge is 0.304 e. The lowest BCUT2D eigenvalue weighted by molar-refractivity contribution is 0.397. The average molecular weight is 358 g/mol. The summed E-state index contributed by atoms with van der Waals surface area (Å²) >= 11 is 3.37. The molecule has 0 aliphatic rings. The quantitative estimate of drug-likeness (QED) is 0.768. The molecule has 2 rings (SSSR count). The highest BCUT2D eigenvalue weighted by molar-refractivity contribution is 9.10. The molecule has 0 atom stereocenters. The van der Waals surface area contributed by atoms with Gasteiger partial charge < -0.3 is 5.32 Å². The van der Waals surface area contributed by atoms with Gasteiger partial charge in [0.2, 0.25) is 0 Å². The van der Waals surface area contributed by atoms with Crippen molar-refractivity contribution >= 4 is 15.9 Å². The van der Waals surface area contributed by atoms with Crippen molar-refractivity contribution in [2.24, 2.45) is 0 Å². The summed E-state index contributed by atoms with van der Waals surface area (Å²) < 4.78 is 40.2. The van der Waals surface area contributed by atoms with Crippen LogP contribution in [0.15, 0.2) is 40.9 Å². The molecule has 0 bridgehead atoms. The summed E-state index contributed by atoms with van der Waals surface area (Å²) in [5, 5.41) is 3.21. The van der Waals surface area contributed by atoms with Crippen LogP contribution in [0.1, 0.15) is 25.0 Å². The van der Waals surface area contributed by atoms with Gasteiger partial charge in [0.1, 0.15) is 0 Å². The molecule has 0 radical (unpaired) electrons. The van der Waals surface area contributed by atoms with E-state index in [2.05, 4.69) is 21.2 Å². The second-order valence-electron chi connectivity index (χ2n) is 5.36. The van der Waals surface area contributed by atoms with Crippen LogP contribution >= 0.6 is 15.9 Å². The highest BCUT2D eigenvalue weighted by atomic mass is 79.9. The Hall–Kier alpha value is -1.33. The second kappa shape index (κ2) is 6.20. The summed E-state index contributed by atoms with van der Waals surface area (Å²) in [6, 6.07) is 9.78. The van der Waals surface area contributed by atoms with Crippen molar-refractivity contribution in [3.63, 3.8) is 0 Å². The minimum atomic E-state index is -1.44. The van der Waals surface area contributed by atoms with Crippen molar-refractivity contribution in [2.75, 3.05) is 0 Å². The molecule has 0 saturated heterocycles. The third-order valence-corrected chi connectivity index (χ3v) is 3.87. The minimum absolute atomic E-state index is 0.233. The lowest BCUT2D eigenvalue weighted by atomic mass is 9.94. The van der Waals surface area contributed by atoms with Gasteiger partial charge in [-0.25, -0.2) is 13.2 Å². The van der Waals surface area contributed by atoms with Crippen molar-refractivity contribution in [1.29, 1.82) is 0 Å². The fraction of sp³-hybridized carbons (Fsp3) is 0.250. The molecular weight excluding hydrogens is 343 g/mol. The Morgan fingerprint density at radius 1 is 1.00 bits per heavy atom. The predicted octanol–water partition coefficient (Wildman–Crippen LogP) is 4.89. The summed E-state index contributed by atoms with van der Waals surface area (Å²) in [4.78, 5) is 0. The van der Waals surface area contributed by atoms with Gasteiger partial charge in [-0.1, -0.05) is 28.1 Å². The molecule has 5 heteroatoms. The van der Waals surface area contributed by atoms with Gasteiger partial charge in [0.05, 0.1) is 0 Å². The smallest absolute Gasteiger partial charge is 0.194 e. The lowest BCUT2D eigenvalue weighted by Gasteiger charge is -2.27. The molecule has 0 unspecified atom stereocenters. The van der Waals surface area contributed by atoms with Crippen molar-refractivity contribution in [3.8, 4) is 0 Å². The normalized spacial score (nSPS) is 11.7. The predicted molar refractivity (Wildman–Crippen MR) is 80.3 cm³/mol. The molecule has 2 aromatic carbocycles. The molecule has 112 valence electrons. The van der Waals surface area contributed by atoms with E-state index in [1.54, 1.807) is 0 Å². The second-order valence-corrected chi connectivity index (χ2v) is 6.27. The van der Waals surface area contributed by atoms with E-state index in [1.807, 2.05) is 38.1 Å². The molecule has 0 aromatic heterocycles. The molecule has 0 amide bonds. The zero-order chi connectivity index (χ0) is 15.6. The van der Waals surface area contributed by atoms with E-state index in [4.69, 9.17) is 0 Å². The standard InChI is InChI=1S/C16H15BrF3N/c1-16(2,11-3-5-12(17)6-4-11)21-9-10-7-13(18)15(20)14(19)8-10/h3-8,21H,9H2,1-2H3. The lowest BCUT2D eigenvalue weighted by Crippen LogP contribution is -2.36. The molecule has 0 saturated carbocycles. The molecule has 0 fully saturated rings. The van der Waals surface area contributed by atoms with Gasteiger partial charge in [-0.15, -0.1) is 0 Å². The minimum Gasteiger partial charge on any atom is -0.304 e. The molecular formula is C16H15BrF3N. The Morgan fingerprint density at radius 2 is 1.52 bits per heavy atom. The van der Waals surface area contributed by atoms with Crippen molar-refractivity contribution in [2.45, 2.75) is 25.9 Å². The van der Waals surface area contributed by atoms with Crippen LogP contribution in [-0.2, 0) is 12.1 Å². The maximum atomic E-state index is 13.2. The van der Waals surface area contributed by atoms with Gasteiger partial charge >= 0.3 is 0 Å². The number of rotatable bonds is 4. The Balaban J connectivity index is 2.13. The summed E-state index contributed by atoms with van der Waals surface area (Å²) in [5.41, 5.74) is 1.01. The number of hydrogen-bond acceptors (Lipinski definition) is 1. The first-order valence-electron chi connectivity index (χ1n) is 6.44. The summed E-state index contributed by atoms with van der Waals surface area (Å²) in [6.45, 7) is 4.16. The van der Waals surface area contributed by atoms with E-state index in [0.29, 0.717) is 5.56 Å². The zero-order valence-corrected chi connectivity index (χ0v) is 13.3. The molecule has 0 aliphatic heterocycles. The molecule has 2 aromatic rings. The summed E-state index contributed by atoms with van der Waals surface area (Å²) in [7, 11) is 0. The van der Waals surface area contributed by atoms with E-state index in [0.717, 1.165) is 22.2 Å². The van der Waals surface area contributed by atoms with E-state index in [1.165, 1.54) is 0 Å². The first kappa shape index (κ1) is 16.0.